The third-order valence-corrected chi connectivity index (χ3v) is 3.09. The molecule has 1 aromatic rings. The number of ketones is 1. The second kappa shape index (κ2) is 7.95. The van der Waals surface area contributed by atoms with Gasteiger partial charge in [-0.05, 0) is 50.2 Å². The van der Waals surface area contributed by atoms with Crippen LogP contribution in [-0.2, 0) is 9.24 Å². The zero-order valence-electron chi connectivity index (χ0n) is 10.7. The Kier molecular flexibility index (Phi) is 6.91. The molecule has 20 heavy (non-hydrogen) atoms. The van der Waals surface area contributed by atoms with E-state index in [1.807, 2.05) is 12.1 Å². The summed E-state index contributed by atoms with van der Waals surface area (Å²) in [6.07, 6.45) is 1.89. The lowest BCUT2D eigenvalue weighted by molar-refractivity contribution is 0.0895. The highest BCUT2D eigenvalue weighted by Crippen LogP contribution is 2.19. The van der Waals surface area contributed by atoms with Gasteiger partial charge in [0, 0.05) is 27.2 Å². The van der Waals surface area contributed by atoms with Gasteiger partial charge in [0.25, 0.3) is 9.24 Å². The van der Waals surface area contributed by atoms with Gasteiger partial charge in [-0.25, -0.2) is 5.14 Å². The highest BCUT2D eigenvalue weighted by molar-refractivity contribution is 8.11. The quantitative estimate of drug-likeness (QED) is 0.637. The molecule has 0 radical (unpaired) electrons. The first-order valence-corrected chi connectivity index (χ1v) is 8.75. The second-order valence-corrected chi connectivity index (χ2v) is 7.05. The molecule has 5 nitrogen and oxygen atoms in total. The molecule has 1 aliphatic heterocycles. The van der Waals surface area contributed by atoms with Crippen LogP contribution in [0.4, 0.5) is 0 Å². The Morgan fingerprint density at radius 2 is 1.65 bits per heavy atom. The van der Waals surface area contributed by atoms with Gasteiger partial charge >= 0.3 is 0 Å². The molecule has 0 spiro atoms. The number of rotatable bonds is 2. The number of carbonyl (C=O) groups excluding carboxylic acids is 1. The molecule has 8 heteroatoms. The van der Waals surface area contributed by atoms with E-state index in [1.165, 1.54) is 0 Å². The third kappa shape index (κ3) is 7.21. The van der Waals surface area contributed by atoms with Gasteiger partial charge in [0.1, 0.15) is 0 Å². The summed E-state index contributed by atoms with van der Waals surface area (Å²) in [5.41, 5.74) is 0.784. The van der Waals surface area contributed by atoms with Crippen LogP contribution in [0.2, 0.25) is 5.02 Å². The Morgan fingerprint density at radius 1 is 1.20 bits per heavy atom. The summed E-state index contributed by atoms with van der Waals surface area (Å²) in [5, 5.41) is 8.03. The first kappa shape index (κ1) is 17.4. The first-order chi connectivity index (χ1) is 9.27. The van der Waals surface area contributed by atoms with Gasteiger partial charge in [-0.15, -0.1) is 0 Å². The molecule has 3 N–H and O–H groups in total. The fourth-order valence-electron chi connectivity index (χ4n) is 1.93. The van der Waals surface area contributed by atoms with Crippen molar-refractivity contribution in [2.45, 2.75) is 12.8 Å². The minimum atomic E-state index is -3.69. The Hall–Kier alpha value is -0.660. The summed E-state index contributed by atoms with van der Waals surface area (Å²) in [6, 6.07) is 7.17. The van der Waals surface area contributed by atoms with Gasteiger partial charge in [-0.2, -0.15) is 8.42 Å². The van der Waals surface area contributed by atoms with Crippen LogP contribution in [0.5, 0.6) is 0 Å². The lowest BCUT2D eigenvalue weighted by Crippen LogP contribution is -2.31. The lowest BCUT2D eigenvalue weighted by atomic mass is 9.90. The zero-order valence-corrected chi connectivity index (χ0v) is 13.0. The summed E-state index contributed by atoms with van der Waals surface area (Å²) in [5.74, 6) is 0.445. The van der Waals surface area contributed by atoms with Crippen LogP contribution >= 0.6 is 22.3 Å². The lowest BCUT2D eigenvalue weighted by Gasteiger charge is -2.21. The van der Waals surface area contributed by atoms with Crippen LogP contribution in [0.15, 0.2) is 24.3 Å². The predicted molar refractivity (Wildman–Crippen MR) is 80.3 cm³/mol. The SMILES string of the molecule is NS(=O)(=O)Cl.O=C(c1ccc(Cl)cc1)C1CCNCC1. The number of carbonyl (C=O) groups is 1. The van der Waals surface area contributed by atoms with Crippen molar-refractivity contribution in [3.63, 3.8) is 0 Å². The summed E-state index contributed by atoms with van der Waals surface area (Å²) in [4.78, 5) is 12.0. The maximum Gasteiger partial charge on any atom is 0.294 e. The highest BCUT2D eigenvalue weighted by atomic mass is 35.7. The molecule has 0 aliphatic carbocycles. The number of nitrogens with one attached hydrogen (secondary N) is 1. The minimum Gasteiger partial charge on any atom is -0.317 e. The van der Waals surface area contributed by atoms with E-state index in [2.05, 4.69) is 21.1 Å². The average Bonchev–Trinajstić information content (AvgIpc) is 2.38. The Balaban J connectivity index is 0.000000347. The average molecular weight is 339 g/mol. The normalized spacial score (nSPS) is 16.1. The van der Waals surface area contributed by atoms with Gasteiger partial charge in [0.2, 0.25) is 0 Å². The molecule has 2 rings (SSSR count). The number of Topliss-reactive ketones (excluding diaryl/α,β-unsaturated/α-hetero) is 1. The molecule has 0 aromatic heterocycles. The Bertz CT molecular complexity index is 532. The van der Waals surface area contributed by atoms with E-state index in [1.54, 1.807) is 12.1 Å². The van der Waals surface area contributed by atoms with Crippen molar-refractivity contribution >= 4 is 37.3 Å². The number of halogens is 2. The van der Waals surface area contributed by atoms with Crippen molar-refractivity contribution in [2.24, 2.45) is 11.1 Å². The number of benzene rings is 1. The van der Waals surface area contributed by atoms with E-state index in [0.717, 1.165) is 31.5 Å². The summed E-state index contributed by atoms with van der Waals surface area (Å²) in [6.45, 7) is 1.90. The van der Waals surface area contributed by atoms with Gasteiger partial charge in [-0.1, -0.05) is 11.6 Å². The molecule has 1 aliphatic rings. The van der Waals surface area contributed by atoms with Crippen LogP contribution in [0.1, 0.15) is 23.2 Å². The molecule has 1 heterocycles. The van der Waals surface area contributed by atoms with E-state index in [-0.39, 0.29) is 11.7 Å². The fourth-order valence-corrected chi connectivity index (χ4v) is 2.06. The highest BCUT2D eigenvalue weighted by Gasteiger charge is 2.21. The van der Waals surface area contributed by atoms with E-state index >= 15 is 0 Å². The zero-order chi connectivity index (χ0) is 15.2. The van der Waals surface area contributed by atoms with Crippen molar-refractivity contribution in [2.75, 3.05) is 13.1 Å². The van der Waals surface area contributed by atoms with E-state index < -0.39 is 9.24 Å². The van der Waals surface area contributed by atoms with Gasteiger partial charge in [0.15, 0.2) is 5.78 Å². The van der Waals surface area contributed by atoms with Gasteiger partial charge in [-0.3, -0.25) is 4.79 Å². The smallest absolute Gasteiger partial charge is 0.294 e. The van der Waals surface area contributed by atoms with Crippen LogP contribution in [0.25, 0.3) is 0 Å². The van der Waals surface area contributed by atoms with Crippen molar-refractivity contribution in [3.8, 4) is 0 Å². The summed E-state index contributed by atoms with van der Waals surface area (Å²) in [7, 11) is 0.586. The number of hydrogen-bond donors (Lipinski definition) is 2. The number of nitrogens with two attached hydrogens (primary N) is 1. The van der Waals surface area contributed by atoms with Crippen molar-refractivity contribution in [1.29, 1.82) is 0 Å². The third-order valence-electron chi connectivity index (χ3n) is 2.84. The number of piperidine rings is 1. The Morgan fingerprint density at radius 3 is 2.10 bits per heavy atom. The molecule has 0 amide bonds. The molecular formula is C12H16Cl2N2O3S. The van der Waals surface area contributed by atoms with Crippen molar-refractivity contribution in [1.82, 2.24) is 5.32 Å². The van der Waals surface area contributed by atoms with Gasteiger partial charge < -0.3 is 5.32 Å². The molecule has 1 fully saturated rings. The second-order valence-electron chi connectivity index (χ2n) is 4.37. The van der Waals surface area contributed by atoms with E-state index in [9.17, 15) is 13.2 Å². The molecule has 112 valence electrons. The monoisotopic (exact) mass is 338 g/mol. The standard InChI is InChI=1S/C12H14ClNO.ClH2NO2S/c13-11-3-1-9(2-4-11)12(15)10-5-7-14-8-6-10;1-5(2,3)4/h1-4,10,14H,5-8H2;(H2,2,3,4). The molecule has 1 saturated heterocycles. The van der Waals surface area contributed by atoms with E-state index in [0.29, 0.717) is 5.02 Å². The van der Waals surface area contributed by atoms with Crippen molar-refractivity contribution in [3.05, 3.63) is 34.9 Å². The molecule has 0 atom stereocenters. The van der Waals surface area contributed by atoms with Crippen LogP contribution in [-0.4, -0.2) is 27.3 Å². The summed E-state index contributed by atoms with van der Waals surface area (Å²) < 4.78 is 18.4. The fraction of sp³-hybridized carbons (Fsp3) is 0.417. The molecular weight excluding hydrogens is 323 g/mol. The van der Waals surface area contributed by atoms with Crippen LogP contribution < -0.4 is 10.5 Å². The van der Waals surface area contributed by atoms with Crippen LogP contribution in [0, 0.1) is 5.92 Å². The predicted octanol–water partition coefficient (Wildman–Crippen LogP) is 1.95. The van der Waals surface area contributed by atoms with Crippen LogP contribution in [0.3, 0.4) is 0 Å². The van der Waals surface area contributed by atoms with Crippen molar-refractivity contribution < 1.29 is 13.2 Å². The molecule has 0 unspecified atom stereocenters. The molecule has 0 saturated carbocycles. The number of hydrogen-bond acceptors (Lipinski definition) is 4. The van der Waals surface area contributed by atoms with Gasteiger partial charge in [0.05, 0.1) is 0 Å². The molecule has 1 aromatic carbocycles. The topological polar surface area (TPSA) is 89.3 Å². The maximum absolute atomic E-state index is 12.0. The Labute approximate surface area is 128 Å². The minimum absolute atomic E-state index is 0.187. The molecule has 0 bridgehead atoms. The largest absolute Gasteiger partial charge is 0.317 e. The summed E-state index contributed by atoms with van der Waals surface area (Å²) >= 11 is 5.78. The maximum atomic E-state index is 12.0. The first-order valence-electron chi connectivity index (χ1n) is 6.00. The van der Waals surface area contributed by atoms with E-state index in [4.69, 9.17) is 11.6 Å².